The van der Waals surface area contributed by atoms with Gasteiger partial charge >= 0.3 is 11.9 Å². The average Bonchev–Trinajstić information content (AvgIpc) is 3.29. The van der Waals surface area contributed by atoms with Gasteiger partial charge in [0.2, 0.25) is 0 Å². The molecule has 0 saturated heterocycles. The summed E-state index contributed by atoms with van der Waals surface area (Å²) in [6.45, 7) is 3.70. The third-order valence-electron chi connectivity index (χ3n) is 4.91. The smallest absolute Gasteiger partial charge is 0.328 e. The van der Waals surface area contributed by atoms with Crippen molar-refractivity contribution in [2.45, 2.75) is 20.0 Å². The number of carbonyl (C=O) groups is 2. The first kappa shape index (κ1) is 25.0. The molecule has 2 aromatic heterocycles. The summed E-state index contributed by atoms with van der Waals surface area (Å²) in [6, 6.07) is 22.7. The molecule has 8 nitrogen and oxygen atoms in total. The molecule has 2 heterocycles. The summed E-state index contributed by atoms with van der Waals surface area (Å²) in [6.07, 6.45) is 7.95. The van der Waals surface area contributed by atoms with Crippen LogP contribution in [-0.4, -0.2) is 38.4 Å². The van der Waals surface area contributed by atoms with E-state index in [1.54, 1.807) is 0 Å². The molecule has 0 atom stereocenters. The maximum Gasteiger partial charge on any atom is 0.328 e. The number of pyridine rings is 1. The highest BCUT2D eigenvalue weighted by molar-refractivity contribution is 5.89. The van der Waals surface area contributed by atoms with Crippen LogP contribution in [0.2, 0.25) is 0 Å². The third kappa shape index (κ3) is 7.46. The van der Waals surface area contributed by atoms with Crippen molar-refractivity contribution in [3.8, 4) is 5.75 Å². The van der Waals surface area contributed by atoms with Crippen LogP contribution in [0, 0.1) is 0 Å². The number of carboxylic acids is 2. The van der Waals surface area contributed by atoms with E-state index in [1.165, 1.54) is 5.56 Å². The molecule has 0 unspecified atom stereocenters. The molecule has 2 aromatic carbocycles. The highest BCUT2D eigenvalue weighted by Gasteiger charge is 2.11. The lowest BCUT2D eigenvalue weighted by Gasteiger charge is -2.26. The van der Waals surface area contributed by atoms with Crippen molar-refractivity contribution in [2.75, 3.05) is 11.6 Å². The molecule has 0 aliphatic carbocycles. The third-order valence-corrected chi connectivity index (χ3v) is 4.91. The lowest BCUT2D eigenvalue weighted by Crippen LogP contribution is -2.29. The molecule has 4 rings (SSSR count). The first-order chi connectivity index (χ1) is 17.0. The lowest BCUT2D eigenvalue weighted by atomic mass is 10.2. The normalized spacial score (nSPS) is 10.5. The number of hydrogen-bond acceptors (Lipinski definition) is 5. The maximum absolute atomic E-state index is 9.55. The van der Waals surface area contributed by atoms with Crippen LogP contribution in [0.25, 0.3) is 10.9 Å². The number of fused-ring (bicyclic) bond motifs is 1. The maximum atomic E-state index is 9.55. The molecule has 0 amide bonds. The van der Waals surface area contributed by atoms with Gasteiger partial charge in [-0.25, -0.2) is 9.59 Å². The van der Waals surface area contributed by atoms with E-state index >= 15 is 0 Å². The van der Waals surface area contributed by atoms with E-state index < -0.39 is 11.9 Å². The summed E-state index contributed by atoms with van der Waals surface area (Å²) < 4.78 is 8.17. The monoisotopic (exact) mass is 473 g/mol. The van der Waals surface area contributed by atoms with E-state index in [2.05, 4.69) is 58.1 Å². The number of hydrogen-bond donors (Lipinski definition) is 2. The predicted octanol–water partition coefficient (Wildman–Crippen LogP) is 5.01. The first-order valence-electron chi connectivity index (χ1n) is 11.1. The van der Waals surface area contributed by atoms with Gasteiger partial charge in [-0.1, -0.05) is 37.3 Å². The number of aromatic nitrogens is 2. The van der Waals surface area contributed by atoms with Crippen LogP contribution in [0.4, 0.5) is 5.69 Å². The number of ether oxygens (including phenoxy) is 1. The molecule has 0 aliphatic rings. The summed E-state index contributed by atoms with van der Waals surface area (Å²) in [5.74, 6) is -1.63. The Morgan fingerprint density at radius 3 is 2.29 bits per heavy atom. The first-order valence-corrected chi connectivity index (χ1v) is 11.1. The van der Waals surface area contributed by atoms with E-state index in [4.69, 9.17) is 14.9 Å². The molecule has 35 heavy (non-hydrogen) atoms. The van der Waals surface area contributed by atoms with Crippen molar-refractivity contribution in [3.63, 3.8) is 0 Å². The van der Waals surface area contributed by atoms with Crippen LogP contribution in [0.3, 0.4) is 0 Å². The van der Waals surface area contributed by atoms with E-state index in [9.17, 15) is 9.59 Å². The second-order valence-electron chi connectivity index (χ2n) is 7.49. The van der Waals surface area contributed by atoms with E-state index in [1.807, 2.05) is 48.8 Å². The molecule has 180 valence electrons. The van der Waals surface area contributed by atoms with Gasteiger partial charge in [0, 0.05) is 42.7 Å². The minimum atomic E-state index is -1.26. The zero-order chi connectivity index (χ0) is 25.0. The summed E-state index contributed by atoms with van der Waals surface area (Å²) >= 11 is 0. The highest BCUT2D eigenvalue weighted by Crippen LogP contribution is 2.25. The average molecular weight is 474 g/mol. The molecule has 0 fully saturated rings. The molecule has 0 bridgehead atoms. The van der Waals surface area contributed by atoms with Crippen LogP contribution in [0.5, 0.6) is 5.75 Å². The van der Waals surface area contributed by atoms with Gasteiger partial charge in [0.25, 0.3) is 0 Å². The summed E-state index contributed by atoms with van der Waals surface area (Å²) in [5, 5.41) is 19.1. The van der Waals surface area contributed by atoms with Crippen molar-refractivity contribution in [1.82, 2.24) is 9.66 Å². The summed E-state index contributed by atoms with van der Waals surface area (Å²) in [4.78, 5) is 23.2. The van der Waals surface area contributed by atoms with Gasteiger partial charge in [-0.3, -0.25) is 14.7 Å². The zero-order valence-corrected chi connectivity index (χ0v) is 19.3. The van der Waals surface area contributed by atoms with Gasteiger partial charge in [-0.15, -0.1) is 0 Å². The Bertz CT molecular complexity index is 1250. The molecule has 0 spiro atoms. The van der Waals surface area contributed by atoms with E-state index in [-0.39, 0.29) is 0 Å². The fourth-order valence-electron chi connectivity index (χ4n) is 3.38. The Balaban J connectivity index is 0.000000371. The lowest BCUT2D eigenvalue weighted by molar-refractivity contribution is -0.134. The van der Waals surface area contributed by atoms with Crippen LogP contribution >= 0.6 is 0 Å². The van der Waals surface area contributed by atoms with E-state index in [0.717, 1.165) is 35.3 Å². The quantitative estimate of drug-likeness (QED) is 0.329. The van der Waals surface area contributed by atoms with Crippen molar-refractivity contribution in [1.29, 1.82) is 0 Å². The molecular formula is C27H27N3O5. The van der Waals surface area contributed by atoms with E-state index in [0.29, 0.717) is 18.8 Å². The molecule has 8 heteroatoms. The number of anilines is 1. The fraction of sp³-hybridized carbons (Fsp3) is 0.148. The van der Waals surface area contributed by atoms with Crippen molar-refractivity contribution < 1.29 is 24.5 Å². The predicted molar refractivity (Wildman–Crippen MR) is 134 cm³/mol. The number of rotatable bonds is 9. The number of aliphatic carboxylic acids is 2. The van der Waals surface area contributed by atoms with Gasteiger partial charge in [0.1, 0.15) is 12.4 Å². The Labute approximate surface area is 203 Å². The van der Waals surface area contributed by atoms with Crippen molar-refractivity contribution in [2.24, 2.45) is 0 Å². The topological polar surface area (TPSA) is 105 Å². The van der Waals surface area contributed by atoms with Crippen molar-refractivity contribution >= 4 is 28.5 Å². The Hall–Kier alpha value is -4.59. The fourth-order valence-corrected chi connectivity index (χ4v) is 3.38. The largest absolute Gasteiger partial charge is 0.489 e. The van der Waals surface area contributed by atoms with Gasteiger partial charge in [-0.05, 0) is 48.4 Å². The molecule has 0 aliphatic heterocycles. The second-order valence-corrected chi connectivity index (χ2v) is 7.49. The Kier molecular flexibility index (Phi) is 9.01. The summed E-state index contributed by atoms with van der Waals surface area (Å²) in [7, 11) is 0. The number of nitrogens with zero attached hydrogens (tertiary/aromatic N) is 3. The minimum absolute atomic E-state index is 0.558. The van der Waals surface area contributed by atoms with Crippen molar-refractivity contribution in [3.05, 3.63) is 103 Å². The Morgan fingerprint density at radius 2 is 1.66 bits per heavy atom. The van der Waals surface area contributed by atoms with Gasteiger partial charge < -0.3 is 14.9 Å². The van der Waals surface area contributed by atoms with Crippen LogP contribution < -0.4 is 9.75 Å². The van der Waals surface area contributed by atoms with Gasteiger partial charge in [0.05, 0.1) is 11.2 Å². The van der Waals surface area contributed by atoms with Gasteiger partial charge in [-0.2, -0.15) is 0 Å². The van der Waals surface area contributed by atoms with Crippen LogP contribution in [0.1, 0.15) is 18.9 Å². The highest BCUT2D eigenvalue weighted by atomic mass is 16.5. The minimum Gasteiger partial charge on any atom is -0.489 e. The van der Waals surface area contributed by atoms with Gasteiger partial charge in [0.15, 0.2) is 0 Å². The standard InChI is InChI=1S/C23H23N3O.C4H4O4/c1-2-15-25(21-10-13-24-14-11-21)26-16-12-20-17-22(8-9-23(20)26)27-18-19-6-4-3-5-7-19;5-3(6)1-2-4(7)8/h3-14,16-17H,2,15,18H2,1H3;1-2H,(H,5,6)(H,7,8)/b;2-1-. The number of benzene rings is 2. The van der Waals surface area contributed by atoms with Crippen LogP contribution in [-0.2, 0) is 16.2 Å². The SMILES string of the molecule is CCCN(c1ccncc1)n1ccc2cc(OCc3ccccc3)ccc21.O=C(O)/C=C\C(=O)O. The number of carboxylic acid groups (broad SMARTS) is 2. The second kappa shape index (κ2) is 12.6. The molecule has 0 radical (unpaired) electrons. The Morgan fingerprint density at radius 1 is 0.971 bits per heavy atom. The summed E-state index contributed by atoms with van der Waals surface area (Å²) in [5.41, 5.74) is 3.46. The molecular weight excluding hydrogens is 446 g/mol. The molecule has 2 N–H and O–H groups in total. The molecule has 4 aromatic rings. The molecule has 0 saturated carbocycles. The van der Waals surface area contributed by atoms with Crippen LogP contribution in [0.15, 0.2) is 97.5 Å². The zero-order valence-electron chi connectivity index (χ0n) is 19.3.